The highest BCUT2D eigenvalue weighted by atomic mass is 79.9. The van der Waals surface area contributed by atoms with Crippen LogP contribution in [0.2, 0.25) is 0 Å². The van der Waals surface area contributed by atoms with Crippen molar-refractivity contribution in [1.82, 2.24) is 9.97 Å². The zero-order valence-corrected chi connectivity index (χ0v) is 15.2. The fraction of sp³-hybridized carbons (Fsp3) is 0.333. The number of benzene rings is 1. The molecular formula is C15H17Br2N3O. The van der Waals surface area contributed by atoms with Gasteiger partial charge in [-0.2, -0.15) is 0 Å². The molecule has 0 amide bonds. The third-order valence-corrected chi connectivity index (χ3v) is 3.82. The molecule has 0 radical (unpaired) electrons. The summed E-state index contributed by atoms with van der Waals surface area (Å²) < 4.78 is 7.67. The quantitative estimate of drug-likeness (QED) is 0.743. The zero-order valence-electron chi connectivity index (χ0n) is 12.0. The minimum atomic E-state index is 0.336. The van der Waals surface area contributed by atoms with Crippen LogP contribution in [0.15, 0.2) is 33.2 Å². The average Bonchev–Trinajstić information content (AvgIpc) is 2.43. The van der Waals surface area contributed by atoms with Crippen LogP contribution in [0.1, 0.15) is 24.9 Å². The second kappa shape index (κ2) is 7.75. The van der Waals surface area contributed by atoms with Crippen molar-refractivity contribution in [2.24, 2.45) is 0 Å². The van der Waals surface area contributed by atoms with Crippen molar-refractivity contribution in [3.05, 3.63) is 44.7 Å². The fourth-order valence-electron chi connectivity index (χ4n) is 1.77. The van der Waals surface area contributed by atoms with Crippen LogP contribution in [0.3, 0.4) is 0 Å². The van der Waals surface area contributed by atoms with Crippen molar-refractivity contribution in [2.75, 3.05) is 11.9 Å². The van der Waals surface area contributed by atoms with Gasteiger partial charge >= 0.3 is 0 Å². The van der Waals surface area contributed by atoms with E-state index in [0.717, 1.165) is 39.2 Å². The molecule has 1 heterocycles. The largest absolute Gasteiger partial charge is 0.484 e. The third kappa shape index (κ3) is 4.97. The molecule has 0 atom stereocenters. The lowest BCUT2D eigenvalue weighted by Gasteiger charge is -2.10. The number of aryl methyl sites for hydroxylation is 1. The molecule has 1 aromatic heterocycles. The summed E-state index contributed by atoms with van der Waals surface area (Å²) >= 11 is 6.89. The van der Waals surface area contributed by atoms with Gasteiger partial charge in [0.1, 0.15) is 18.2 Å². The summed E-state index contributed by atoms with van der Waals surface area (Å²) in [4.78, 5) is 8.87. The number of anilines is 1. The molecule has 4 nitrogen and oxygen atoms in total. The molecule has 0 fully saturated rings. The Labute approximate surface area is 141 Å². The zero-order chi connectivity index (χ0) is 15.2. The van der Waals surface area contributed by atoms with Gasteiger partial charge in [-0.15, -0.1) is 0 Å². The van der Waals surface area contributed by atoms with Crippen molar-refractivity contribution in [1.29, 1.82) is 0 Å². The summed E-state index contributed by atoms with van der Waals surface area (Å²) in [6.07, 6.45) is 1.06. The number of hydrogen-bond donors (Lipinski definition) is 1. The highest BCUT2D eigenvalue weighted by Crippen LogP contribution is 2.28. The van der Waals surface area contributed by atoms with Gasteiger partial charge in [0.05, 0.1) is 4.47 Å². The number of nitrogens with zero attached hydrogens (tertiary/aromatic N) is 2. The third-order valence-electron chi connectivity index (χ3n) is 2.71. The first-order valence-corrected chi connectivity index (χ1v) is 8.33. The van der Waals surface area contributed by atoms with Crippen molar-refractivity contribution in [3.63, 3.8) is 0 Å². The Bertz CT molecular complexity index is 620. The van der Waals surface area contributed by atoms with E-state index < -0.39 is 0 Å². The maximum Gasteiger partial charge on any atom is 0.168 e. The van der Waals surface area contributed by atoms with Gasteiger partial charge in [-0.25, -0.2) is 9.97 Å². The van der Waals surface area contributed by atoms with Gasteiger partial charge in [-0.1, -0.05) is 22.9 Å². The lowest BCUT2D eigenvalue weighted by molar-refractivity contribution is 0.294. The number of rotatable bonds is 6. The van der Waals surface area contributed by atoms with Gasteiger partial charge in [0, 0.05) is 22.8 Å². The van der Waals surface area contributed by atoms with E-state index >= 15 is 0 Å². The highest BCUT2D eigenvalue weighted by molar-refractivity contribution is 9.11. The van der Waals surface area contributed by atoms with Crippen molar-refractivity contribution in [2.45, 2.75) is 26.9 Å². The van der Waals surface area contributed by atoms with Gasteiger partial charge in [-0.3, -0.25) is 0 Å². The van der Waals surface area contributed by atoms with E-state index in [4.69, 9.17) is 4.74 Å². The molecular weight excluding hydrogens is 398 g/mol. The summed E-state index contributed by atoms with van der Waals surface area (Å²) in [5.74, 6) is 2.28. The van der Waals surface area contributed by atoms with Crippen LogP contribution in [0.25, 0.3) is 0 Å². The number of halogens is 2. The highest BCUT2D eigenvalue weighted by Gasteiger charge is 2.06. The predicted molar refractivity (Wildman–Crippen MR) is 91.7 cm³/mol. The van der Waals surface area contributed by atoms with Gasteiger partial charge in [-0.05, 0) is 47.5 Å². The Hall–Kier alpha value is -1.14. The second-order valence-corrected chi connectivity index (χ2v) is 6.37. The summed E-state index contributed by atoms with van der Waals surface area (Å²) in [5.41, 5.74) is 0.928. The van der Waals surface area contributed by atoms with E-state index in [1.807, 2.05) is 31.2 Å². The number of nitrogens with one attached hydrogen (secondary N) is 1. The first kappa shape index (κ1) is 16.2. The van der Waals surface area contributed by atoms with Gasteiger partial charge in [0.25, 0.3) is 0 Å². The number of ether oxygens (including phenoxy) is 1. The van der Waals surface area contributed by atoms with Crippen LogP contribution in [0.4, 0.5) is 5.82 Å². The first-order valence-electron chi connectivity index (χ1n) is 6.74. The lowest BCUT2D eigenvalue weighted by Crippen LogP contribution is -2.08. The second-order valence-electron chi connectivity index (χ2n) is 4.60. The van der Waals surface area contributed by atoms with Crippen LogP contribution in [-0.4, -0.2) is 16.5 Å². The topological polar surface area (TPSA) is 47.0 Å². The van der Waals surface area contributed by atoms with Gasteiger partial charge in [0.2, 0.25) is 0 Å². The van der Waals surface area contributed by atoms with E-state index in [9.17, 15) is 0 Å². The van der Waals surface area contributed by atoms with Crippen molar-refractivity contribution >= 4 is 37.7 Å². The molecule has 0 saturated heterocycles. The molecule has 2 aromatic rings. The van der Waals surface area contributed by atoms with Crippen LogP contribution < -0.4 is 10.1 Å². The van der Waals surface area contributed by atoms with Crippen LogP contribution in [0, 0.1) is 6.92 Å². The smallest absolute Gasteiger partial charge is 0.168 e. The van der Waals surface area contributed by atoms with E-state index in [0.29, 0.717) is 12.4 Å². The Kier molecular flexibility index (Phi) is 5.99. The van der Waals surface area contributed by atoms with E-state index in [-0.39, 0.29) is 0 Å². The van der Waals surface area contributed by atoms with Crippen LogP contribution in [0.5, 0.6) is 5.75 Å². The SMILES string of the molecule is CCCNc1cc(C)nc(COc2ccc(Br)cc2Br)n1. The average molecular weight is 415 g/mol. The summed E-state index contributed by atoms with van der Waals surface area (Å²) in [6, 6.07) is 7.72. The molecule has 1 N–H and O–H groups in total. The Morgan fingerprint density at radius 1 is 1.19 bits per heavy atom. The van der Waals surface area contributed by atoms with Crippen molar-refractivity contribution < 1.29 is 4.74 Å². The van der Waals surface area contributed by atoms with E-state index in [1.54, 1.807) is 0 Å². The lowest BCUT2D eigenvalue weighted by atomic mass is 10.3. The molecule has 0 aliphatic carbocycles. The monoisotopic (exact) mass is 413 g/mol. The summed E-state index contributed by atoms with van der Waals surface area (Å²) in [6.45, 7) is 5.31. The van der Waals surface area contributed by atoms with Gasteiger partial charge in [0.15, 0.2) is 5.82 Å². The maximum atomic E-state index is 5.77. The van der Waals surface area contributed by atoms with Crippen molar-refractivity contribution in [3.8, 4) is 5.75 Å². The minimum Gasteiger partial charge on any atom is -0.484 e. The van der Waals surface area contributed by atoms with Gasteiger partial charge < -0.3 is 10.1 Å². The standard InChI is InChI=1S/C15H17Br2N3O/c1-3-6-18-14-7-10(2)19-15(20-14)9-21-13-5-4-11(16)8-12(13)17/h4-5,7-8H,3,6,9H2,1-2H3,(H,18,19,20). The van der Waals surface area contributed by atoms with Crippen LogP contribution in [-0.2, 0) is 6.61 Å². The van der Waals surface area contributed by atoms with E-state index in [1.165, 1.54) is 0 Å². The molecule has 0 saturated carbocycles. The summed E-state index contributed by atoms with van der Waals surface area (Å²) in [7, 11) is 0. The van der Waals surface area contributed by atoms with Crippen LogP contribution >= 0.6 is 31.9 Å². The molecule has 0 spiro atoms. The number of hydrogen-bond acceptors (Lipinski definition) is 4. The predicted octanol–water partition coefficient (Wildman–Crippen LogP) is 4.71. The Morgan fingerprint density at radius 3 is 2.71 bits per heavy atom. The minimum absolute atomic E-state index is 0.336. The molecule has 0 unspecified atom stereocenters. The first-order chi connectivity index (χ1) is 10.1. The molecule has 0 aliphatic rings. The Morgan fingerprint density at radius 2 is 2.00 bits per heavy atom. The van der Waals surface area contributed by atoms with E-state index in [2.05, 4.69) is 54.1 Å². The maximum absolute atomic E-state index is 5.77. The summed E-state index contributed by atoms with van der Waals surface area (Å²) in [5, 5.41) is 3.27. The number of aromatic nitrogens is 2. The molecule has 0 bridgehead atoms. The molecule has 2 rings (SSSR count). The molecule has 112 valence electrons. The Balaban J connectivity index is 2.07. The molecule has 0 aliphatic heterocycles. The molecule has 6 heteroatoms. The fourth-order valence-corrected chi connectivity index (χ4v) is 2.93. The molecule has 21 heavy (non-hydrogen) atoms. The molecule has 1 aromatic carbocycles. The normalized spacial score (nSPS) is 10.5.